The van der Waals surface area contributed by atoms with Crippen LogP contribution in [0.15, 0.2) is 36.4 Å². The van der Waals surface area contributed by atoms with Crippen LogP contribution in [0, 0.1) is 6.92 Å². The molecule has 2 aromatic rings. The van der Waals surface area contributed by atoms with Crippen molar-refractivity contribution in [3.8, 4) is 5.75 Å². The molecule has 1 fully saturated rings. The molecule has 0 bridgehead atoms. The maximum Gasteiger partial charge on any atom is 0.262 e. The van der Waals surface area contributed by atoms with Crippen molar-refractivity contribution in [1.29, 1.82) is 0 Å². The Kier molecular flexibility index (Phi) is 8.61. The number of carbonyl (C=O) groups excluding carboxylic acids is 2. The molecule has 0 spiro atoms. The summed E-state index contributed by atoms with van der Waals surface area (Å²) < 4.78 is 5.82. The average Bonchev–Trinajstić information content (AvgIpc) is 2.78. The van der Waals surface area contributed by atoms with Crippen LogP contribution in [0.3, 0.4) is 0 Å². The predicted octanol–water partition coefficient (Wildman–Crippen LogP) is 5.24. The first-order valence-corrected chi connectivity index (χ1v) is 12.0. The fourth-order valence-corrected chi connectivity index (χ4v) is 4.29. The molecule has 2 amide bonds. The summed E-state index contributed by atoms with van der Waals surface area (Å²) in [5.74, 6) is 1.03. The van der Waals surface area contributed by atoms with Gasteiger partial charge in [-0.3, -0.25) is 9.59 Å². The van der Waals surface area contributed by atoms with E-state index in [1.54, 1.807) is 6.07 Å². The standard InChI is InChI=1S/C26H34ClN3O3/c1-5-6-26(32)30-13-11-29(12-14-30)23-10-8-20(16-22(23)27)28-25(31)17-33-24-15-19(4)7-9-21(24)18(2)3/h7-10,15-16,18H,5-6,11-14,17H2,1-4H3,(H,28,31). The first-order chi connectivity index (χ1) is 15.8. The molecular formula is C26H34ClN3O3. The van der Waals surface area contributed by atoms with E-state index in [-0.39, 0.29) is 18.4 Å². The van der Waals surface area contributed by atoms with Gasteiger partial charge in [0.2, 0.25) is 5.91 Å². The summed E-state index contributed by atoms with van der Waals surface area (Å²) in [7, 11) is 0. The van der Waals surface area contributed by atoms with E-state index in [1.807, 2.05) is 43.0 Å². The lowest BCUT2D eigenvalue weighted by molar-refractivity contribution is -0.131. The van der Waals surface area contributed by atoms with Crippen LogP contribution in [0.1, 0.15) is 50.7 Å². The molecule has 33 heavy (non-hydrogen) atoms. The SMILES string of the molecule is CCCC(=O)N1CCN(c2ccc(NC(=O)COc3cc(C)ccc3C(C)C)cc2Cl)CC1. The Morgan fingerprint density at radius 3 is 2.45 bits per heavy atom. The maximum absolute atomic E-state index is 12.5. The Bertz CT molecular complexity index is 985. The minimum absolute atomic E-state index is 0.0731. The second-order valence-corrected chi connectivity index (χ2v) is 9.22. The molecule has 1 N–H and O–H groups in total. The summed E-state index contributed by atoms with van der Waals surface area (Å²) >= 11 is 6.54. The van der Waals surface area contributed by atoms with Gasteiger partial charge >= 0.3 is 0 Å². The molecular weight excluding hydrogens is 438 g/mol. The summed E-state index contributed by atoms with van der Waals surface area (Å²) in [4.78, 5) is 28.7. The lowest BCUT2D eigenvalue weighted by Crippen LogP contribution is -2.48. The topological polar surface area (TPSA) is 61.9 Å². The largest absolute Gasteiger partial charge is 0.483 e. The highest BCUT2D eigenvalue weighted by Gasteiger charge is 2.22. The van der Waals surface area contributed by atoms with Crippen molar-refractivity contribution in [1.82, 2.24) is 4.90 Å². The highest BCUT2D eigenvalue weighted by molar-refractivity contribution is 6.33. The lowest BCUT2D eigenvalue weighted by atomic mass is 10.0. The minimum atomic E-state index is -0.238. The number of hydrogen-bond donors (Lipinski definition) is 1. The van der Waals surface area contributed by atoms with Gasteiger partial charge < -0.3 is 19.9 Å². The van der Waals surface area contributed by atoms with E-state index < -0.39 is 0 Å². The van der Waals surface area contributed by atoms with Crippen LogP contribution in [0.5, 0.6) is 5.75 Å². The fraction of sp³-hybridized carbons (Fsp3) is 0.462. The molecule has 1 aliphatic rings. The van der Waals surface area contributed by atoms with Crippen LogP contribution in [0.25, 0.3) is 0 Å². The Morgan fingerprint density at radius 2 is 1.82 bits per heavy atom. The highest BCUT2D eigenvalue weighted by Crippen LogP contribution is 2.30. The molecule has 3 rings (SSSR count). The number of piperazine rings is 1. The zero-order valence-electron chi connectivity index (χ0n) is 20.0. The van der Waals surface area contributed by atoms with Crippen LogP contribution < -0.4 is 15.0 Å². The zero-order valence-corrected chi connectivity index (χ0v) is 20.7. The normalized spacial score (nSPS) is 13.9. The van der Waals surface area contributed by atoms with Crippen molar-refractivity contribution < 1.29 is 14.3 Å². The van der Waals surface area contributed by atoms with Gasteiger partial charge in [-0.1, -0.05) is 44.5 Å². The van der Waals surface area contributed by atoms with E-state index in [0.29, 0.717) is 36.1 Å². The fourth-order valence-electron chi connectivity index (χ4n) is 3.99. The van der Waals surface area contributed by atoms with Crippen molar-refractivity contribution in [2.24, 2.45) is 0 Å². The van der Waals surface area contributed by atoms with E-state index in [9.17, 15) is 9.59 Å². The third-order valence-electron chi connectivity index (χ3n) is 5.82. The van der Waals surface area contributed by atoms with E-state index >= 15 is 0 Å². The summed E-state index contributed by atoms with van der Waals surface area (Å²) in [6.07, 6.45) is 1.47. The average molecular weight is 472 g/mol. The van der Waals surface area contributed by atoms with E-state index in [0.717, 1.165) is 42.1 Å². The Balaban J connectivity index is 1.56. The van der Waals surface area contributed by atoms with Gasteiger partial charge in [-0.2, -0.15) is 0 Å². The zero-order chi connectivity index (χ0) is 24.0. The number of halogens is 1. The summed E-state index contributed by atoms with van der Waals surface area (Å²) in [5.41, 5.74) is 3.71. The van der Waals surface area contributed by atoms with E-state index in [4.69, 9.17) is 16.3 Å². The monoisotopic (exact) mass is 471 g/mol. The maximum atomic E-state index is 12.5. The molecule has 1 aliphatic heterocycles. The van der Waals surface area contributed by atoms with Gasteiger partial charge in [0.25, 0.3) is 5.91 Å². The second-order valence-electron chi connectivity index (χ2n) is 8.82. The third-order valence-corrected chi connectivity index (χ3v) is 6.12. The van der Waals surface area contributed by atoms with Crippen LogP contribution in [-0.2, 0) is 9.59 Å². The molecule has 0 aliphatic carbocycles. The van der Waals surface area contributed by atoms with Crippen LogP contribution in [0.2, 0.25) is 5.02 Å². The van der Waals surface area contributed by atoms with Gasteiger partial charge in [0.1, 0.15) is 5.75 Å². The number of nitrogens with zero attached hydrogens (tertiary/aromatic N) is 2. The third kappa shape index (κ3) is 6.64. The summed E-state index contributed by atoms with van der Waals surface area (Å²) in [6.45, 7) is 11.0. The molecule has 1 heterocycles. The number of rotatable bonds is 8. The van der Waals surface area contributed by atoms with Crippen molar-refractivity contribution in [2.45, 2.75) is 46.5 Å². The molecule has 0 aromatic heterocycles. The van der Waals surface area contributed by atoms with Crippen molar-refractivity contribution in [3.63, 3.8) is 0 Å². The molecule has 7 heteroatoms. The smallest absolute Gasteiger partial charge is 0.262 e. The van der Waals surface area contributed by atoms with Crippen LogP contribution >= 0.6 is 11.6 Å². The van der Waals surface area contributed by atoms with E-state index in [1.165, 1.54) is 0 Å². The van der Waals surface area contributed by atoms with Gasteiger partial charge in [0, 0.05) is 38.3 Å². The first-order valence-electron chi connectivity index (χ1n) is 11.6. The summed E-state index contributed by atoms with van der Waals surface area (Å²) in [6, 6.07) is 11.6. The molecule has 178 valence electrons. The van der Waals surface area contributed by atoms with Gasteiger partial charge in [-0.25, -0.2) is 0 Å². The molecule has 1 saturated heterocycles. The van der Waals surface area contributed by atoms with Gasteiger partial charge in [-0.15, -0.1) is 0 Å². The van der Waals surface area contributed by atoms with E-state index in [2.05, 4.69) is 30.1 Å². The summed E-state index contributed by atoms with van der Waals surface area (Å²) in [5, 5.41) is 3.43. The molecule has 0 atom stereocenters. The number of aryl methyl sites for hydroxylation is 1. The van der Waals surface area contributed by atoms with Gasteiger partial charge in [0.15, 0.2) is 6.61 Å². The van der Waals surface area contributed by atoms with Gasteiger partial charge in [-0.05, 0) is 54.7 Å². The highest BCUT2D eigenvalue weighted by atomic mass is 35.5. The number of hydrogen-bond acceptors (Lipinski definition) is 4. The number of nitrogens with one attached hydrogen (secondary N) is 1. The molecule has 0 unspecified atom stereocenters. The van der Waals surface area contributed by atoms with Crippen LogP contribution in [0.4, 0.5) is 11.4 Å². The molecule has 0 radical (unpaired) electrons. The molecule has 2 aromatic carbocycles. The molecule has 6 nitrogen and oxygen atoms in total. The molecule has 0 saturated carbocycles. The number of benzene rings is 2. The van der Waals surface area contributed by atoms with Crippen LogP contribution in [-0.4, -0.2) is 49.5 Å². The number of amides is 2. The van der Waals surface area contributed by atoms with Crippen molar-refractivity contribution >= 4 is 34.8 Å². The minimum Gasteiger partial charge on any atom is -0.483 e. The van der Waals surface area contributed by atoms with Gasteiger partial charge in [0.05, 0.1) is 10.7 Å². The predicted molar refractivity (Wildman–Crippen MR) is 135 cm³/mol. The number of ether oxygens (including phenoxy) is 1. The van der Waals surface area contributed by atoms with Crippen molar-refractivity contribution in [3.05, 3.63) is 52.5 Å². The number of carbonyl (C=O) groups is 2. The first kappa shape index (κ1) is 24.9. The Labute approximate surface area is 201 Å². The quantitative estimate of drug-likeness (QED) is 0.572. The van der Waals surface area contributed by atoms with Crippen molar-refractivity contribution in [2.75, 3.05) is 43.0 Å². The second kappa shape index (κ2) is 11.4. The Hall–Kier alpha value is -2.73. The lowest BCUT2D eigenvalue weighted by Gasteiger charge is -2.36. The number of anilines is 2. The Morgan fingerprint density at radius 1 is 1.09 bits per heavy atom.